The lowest BCUT2D eigenvalue weighted by atomic mass is 9.82. The van der Waals surface area contributed by atoms with Crippen LogP contribution >= 0.6 is 12.2 Å². The quantitative estimate of drug-likeness (QED) is 0.801. The molecule has 0 spiro atoms. The third kappa shape index (κ3) is 6.01. The van der Waals surface area contributed by atoms with Gasteiger partial charge in [-0.15, -0.1) is 0 Å². The average Bonchev–Trinajstić information content (AvgIpc) is 2.13. The van der Waals surface area contributed by atoms with Gasteiger partial charge in [0.2, 0.25) is 0 Å². The van der Waals surface area contributed by atoms with Crippen molar-refractivity contribution in [2.75, 3.05) is 5.32 Å². The second-order valence-corrected chi connectivity index (χ2v) is 6.97. The van der Waals surface area contributed by atoms with Crippen molar-refractivity contribution >= 4 is 23.0 Å². The fourth-order valence-electron chi connectivity index (χ4n) is 2.36. The van der Waals surface area contributed by atoms with Gasteiger partial charge in [-0.05, 0) is 50.0 Å². The number of hydrogen-bond donors (Lipinski definition) is 2. The van der Waals surface area contributed by atoms with E-state index in [4.69, 9.17) is 12.2 Å². The predicted molar refractivity (Wildman–Crippen MR) is 83.9 cm³/mol. The Morgan fingerprint density at radius 2 is 1.61 bits per heavy atom. The summed E-state index contributed by atoms with van der Waals surface area (Å²) in [5.41, 5.74) is 1.28. The Hall–Kier alpha value is -1.09. The van der Waals surface area contributed by atoms with E-state index in [2.05, 4.69) is 45.3 Å². The van der Waals surface area contributed by atoms with Gasteiger partial charge in [-0.25, -0.2) is 0 Å². The second-order valence-electron chi connectivity index (χ2n) is 6.57. The molecule has 0 aliphatic rings. The number of para-hydroxylation sites is 1. The standard InChI is InChI=1S/C15H24N2S/c1-14(2,3)11-15(4,5)17-13(18)16-12-9-7-6-8-10-12/h6-10H,11H2,1-5H3,(H2,16,17,18). The van der Waals surface area contributed by atoms with Gasteiger partial charge in [0.1, 0.15) is 0 Å². The summed E-state index contributed by atoms with van der Waals surface area (Å²) in [6.45, 7) is 11.1. The molecule has 1 aromatic rings. The molecule has 0 fully saturated rings. The summed E-state index contributed by atoms with van der Waals surface area (Å²) < 4.78 is 0. The first kappa shape index (κ1) is 15.0. The van der Waals surface area contributed by atoms with Gasteiger partial charge in [0.15, 0.2) is 5.11 Å². The number of thiocarbonyl (C=S) groups is 1. The zero-order valence-electron chi connectivity index (χ0n) is 12.0. The van der Waals surface area contributed by atoms with E-state index in [0.717, 1.165) is 12.1 Å². The number of rotatable bonds is 3. The topological polar surface area (TPSA) is 24.1 Å². The Balaban J connectivity index is 2.54. The summed E-state index contributed by atoms with van der Waals surface area (Å²) >= 11 is 5.35. The van der Waals surface area contributed by atoms with Crippen molar-refractivity contribution in [2.45, 2.75) is 46.6 Å². The predicted octanol–water partition coefficient (Wildman–Crippen LogP) is 4.19. The van der Waals surface area contributed by atoms with Crippen LogP contribution in [0.3, 0.4) is 0 Å². The molecule has 0 radical (unpaired) electrons. The van der Waals surface area contributed by atoms with Crippen LogP contribution in [0.15, 0.2) is 30.3 Å². The van der Waals surface area contributed by atoms with Gasteiger partial charge in [0, 0.05) is 11.2 Å². The minimum absolute atomic E-state index is 0.0168. The molecule has 1 rings (SSSR count). The molecular weight excluding hydrogens is 240 g/mol. The molecule has 0 unspecified atom stereocenters. The van der Waals surface area contributed by atoms with Crippen molar-refractivity contribution in [3.63, 3.8) is 0 Å². The molecular formula is C15H24N2S. The van der Waals surface area contributed by atoms with Crippen LogP contribution in [0.5, 0.6) is 0 Å². The first-order chi connectivity index (χ1) is 8.18. The summed E-state index contributed by atoms with van der Waals surface area (Å²) in [4.78, 5) is 0. The number of anilines is 1. The van der Waals surface area contributed by atoms with Crippen LogP contribution in [-0.2, 0) is 0 Å². The minimum Gasteiger partial charge on any atom is -0.358 e. The molecule has 1 aromatic carbocycles. The van der Waals surface area contributed by atoms with Gasteiger partial charge in [0.25, 0.3) is 0 Å². The van der Waals surface area contributed by atoms with Crippen LogP contribution in [0, 0.1) is 5.41 Å². The van der Waals surface area contributed by atoms with Crippen LogP contribution < -0.4 is 10.6 Å². The molecule has 0 bridgehead atoms. The maximum atomic E-state index is 5.35. The van der Waals surface area contributed by atoms with E-state index in [0.29, 0.717) is 5.11 Å². The Bertz CT molecular complexity index is 391. The fourth-order valence-corrected chi connectivity index (χ4v) is 2.76. The summed E-state index contributed by atoms with van der Waals surface area (Å²) in [5.74, 6) is 0. The zero-order valence-corrected chi connectivity index (χ0v) is 12.8. The largest absolute Gasteiger partial charge is 0.358 e. The summed E-state index contributed by atoms with van der Waals surface area (Å²) in [6, 6.07) is 9.98. The van der Waals surface area contributed by atoms with Crippen LogP contribution in [0.1, 0.15) is 41.0 Å². The zero-order chi connectivity index (χ0) is 13.8. The first-order valence-corrected chi connectivity index (χ1v) is 6.73. The number of hydrogen-bond acceptors (Lipinski definition) is 1. The van der Waals surface area contributed by atoms with Gasteiger partial charge >= 0.3 is 0 Å². The van der Waals surface area contributed by atoms with Crippen molar-refractivity contribution < 1.29 is 0 Å². The third-order valence-electron chi connectivity index (χ3n) is 2.46. The minimum atomic E-state index is -0.0168. The molecule has 18 heavy (non-hydrogen) atoms. The van der Waals surface area contributed by atoms with Crippen LogP contribution in [0.4, 0.5) is 5.69 Å². The summed E-state index contributed by atoms with van der Waals surface area (Å²) in [7, 11) is 0. The van der Waals surface area contributed by atoms with E-state index < -0.39 is 0 Å². The highest BCUT2D eigenvalue weighted by molar-refractivity contribution is 7.80. The van der Waals surface area contributed by atoms with E-state index in [1.54, 1.807) is 0 Å². The van der Waals surface area contributed by atoms with Crippen molar-refractivity contribution in [1.82, 2.24) is 5.32 Å². The maximum Gasteiger partial charge on any atom is 0.171 e. The summed E-state index contributed by atoms with van der Waals surface area (Å²) in [5, 5.41) is 7.26. The first-order valence-electron chi connectivity index (χ1n) is 6.32. The SMILES string of the molecule is CC(C)(C)CC(C)(C)NC(=S)Nc1ccccc1. The average molecular weight is 264 g/mol. The lowest BCUT2D eigenvalue weighted by molar-refractivity contribution is 0.268. The molecule has 0 amide bonds. The highest BCUT2D eigenvalue weighted by Gasteiger charge is 2.25. The molecule has 0 heterocycles. The molecule has 100 valence electrons. The lowest BCUT2D eigenvalue weighted by Crippen LogP contribution is -2.47. The van der Waals surface area contributed by atoms with Crippen molar-refractivity contribution in [3.05, 3.63) is 30.3 Å². The van der Waals surface area contributed by atoms with Gasteiger partial charge in [0.05, 0.1) is 0 Å². The van der Waals surface area contributed by atoms with Gasteiger partial charge in [-0.1, -0.05) is 39.0 Å². The second kappa shape index (κ2) is 5.70. The maximum absolute atomic E-state index is 5.35. The van der Waals surface area contributed by atoms with Crippen LogP contribution in [0.25, 0.3) is 0 Å². The van der Waals surface area contributed by atoms with E-state index in [1.807, 2.05) is 30.3 Å². The van der Waals surface area contributed by atoms with E-state index in [1.165, 1.54) is 0 Å². The van der Waals surface area contributed by atoms with E-state index >= 15 is 0 Å². The molecule has 0 saturated carbocycles. The third-order valence-corrected chi connectivity index (χ3v) is 2.66. The van der Waals surface area contributed by atoms with E-state index in [9.17, 15) is 0 Å². The smallest absolute Gasteiger partial charge is 0.171 e. The number of nitrogens with one attached hydrogen (secondary N) is 2. The fraction of sp³-hybridized carbons (Fsp3) is 0.533. The molecule has 0 atom stereocenters. The van der Waals surface area contributed by atoms with Crippen LogP contribution in [-0.4, -0.2) is 10.7 Å². The highest BCUT2D eigenvalue weighted by Crippen LogP contribution is 2.26. The van der Waals surface area contributed by atoms with Gasteiger partial charge in [-0.3, -0.25) is 0 Å². The molecule has 3 heteroatoms. The monoisotopic (exact) mass is 264 g/mol. The molecule has 2 nitrogen and oxygen atoms in total. The molecule has 0 aliphatic heterocycles. The Morgan fingerprint density at radius 3 is 2.11 bits per heavy atom. The van der Waals surface area contributed by atoms with Crippen molar-refractivity contribution in [2.24, 2.45) is 5.41 Å². The molecule has 2 N–H and O–H groups in total. The van der Waals surface area contributed by atoms with Crippen LogP contribution in [0.2, 0.25) is 0 Å². The Kier molecular flexibility index (Phi) is 4.74. The van der Waals surface area contributed by atoms with Gasteiger partial charge in [-0.2, -0.15) is 0 Å². The van der Waals surface area contributed by atoms with Crippen molar-refractivity contribution in [1.29, 1.82) is 0 Å². The Morgan fingerprint density at radius 1 is 1.06 bits per heavy atom. The molecule has 0 aromatic heterocycles. The molecule has 0 saturated heterocycles. The normalized spacial score (nSPS) is 12.1. The summed E-state index contributed by atoms with van der Waals surface area (Å²) in [6.07, 6.45) is 1.05. The Labute approximate surface area is 116 Å². The van der Waals surface area contributed by atoms with Gasteiger partial charge < -0.3 is 10.6 Å². The number of benzene rings is 1. The lowest BCUT2D eigenvalue weighted by Gasteiger charge is -2.34. The van der Waals surface area contributed by atoms with E-state index in [-0.39, 0.29) is 11.0 Å². The highest BCUT2D eigenvalue weighted by atomic mass is 32.1. The van der Waals surface area contributed by atoms with Crippen molar-refractivity contribution in [3.8, 4) is 0 Å². The molecule has 0 aliphatic carbocycles.